The molecule has 1 fully saturated rings. The van der Waals surface area contributed by atoms with Gasteiger partial charge in [-0.15, -0.1) is 0 Å². The minimum Gasteiger partial charge on any atom is -0.491 e. The van der Waals surface area contributed by atoms with Gasteiger partial charge >= 0.3 is 6.09 Å². The van der Waals surface area contributed by atoms with Gasteiger partial charge in [0.1, 0.15) is 36.9 Å². The van der Waals surface area contributed by atoms with Crippen LogP contribution in [0.3, 0.4) is 0 Å². The highest BCUT2D eigenvalue weighted by atomic mass is 19.3. The zero-order valence-electron chi connectivity index (χ0n) is 17.0. The van der Waals surface area contributed by atoms with E-state index < -0.39 is 30.5 Å². The molecule has 11 heteroatoms. The molecule has 1 aromatic carbocycles. The first kappa shape index (κ1) is 20.9. The number of imidazole rings is 1. The first-order chi connectivity index (χ1) is 14.8. The fraction of sp³-hybridized carbons (Fsp3) is 0.450. The Morgan fingerprint density at radius 2 is 2.10 bits per heavy atom. The van der Waals surface area contributed by atoms with Crippen LogP contribution in [0.4, 0.5) is 25.1 Å². The second-order valence-corrected chi connectivity index (χ2v) is 7.79. The van der Waals surface area contributed by atoms with Gasteiger partial charge in [0.15, 0.2) is 5.82 Å². The first-order valence-electron chi connectivity index (χ1n) is 9.90. The summed E-state index contributed by atoms with van der Waals surface area (Å²) < 4.78 is 39.0. The van der Waals surface area contributed by atoms with E-state index >= 15 is 0 Å². The van der Waals surface area contributed by atoms with E-state index in [9.17, 15) is 18.4 Å². The second kappa shape index (κ2) is 8.05. The third-order valence-corrected chi connectivity index (χ3v) is 5.32. The number of carbonyl (C=O) groups excluding carboxylic acids is 2. The SMILES string of the molecule is CC(C)C(Nc1ccc2c(c1)OCCn1cc(N3C(=O)OCC3C(F)F)nc1-2)C(N)=O. The zero-order chi connectivity index (χ0) is 22.3. The molecule has 0 bridgehead atoms. The van der Waals surface area contributed by atoms with Crippen LogP contribution in [0.15, 0.2) is 24.4 Å². The summed E-state index contributed by atoms with van der Waals surface area (Å²) in [5, 5.41) is 3.11. The van der Waals surface area contributed by atoms with Crippen molar-refractivity contribution in [2.75, 3.05) is 23.4 Å². The van der Waals surface area contributed by atoms with E-state index in [4.69, 9.17) is 15.2 Å². The Labute approximate surface area is 177 Å². The van der Waals surface area contributed by atoms with Crippen molar-refractivity contribution in [1.29, 1.82) is 0 Å². The fourth-order valence-corrected chi connectivity index (χ4v) is 3.70. The molecular formula is C20H23F2N5O4. The Morgan fingerprint density at radius 3 is 2.77 bits per heavy atom. The molecular weight excluding hydrogens is 412 g/mol. The number of carbonyl (C=O) groups is 2. The number of hydrogen-bond donors (Lipinski definition) is 2. The largest absolute Gasteiger partial charge is 0.491 e. The van der Waals surface area contributed by atoms with Gasteiger partial charge in [-0.1, -0.05) is 13.8 Å². The Balaban J connectivity index is 1.67. The van der Waals surface area contributed by atoms with Crippen molar-refractivity contribution in [1.82, 2.24) is 9.55 Å². The number of halogens is 2. The monoisotopic (exact) mass is 435 g/mol. The van der Waals surface area contributed by atoms with E-state index in [0.717, 1.165) is 4.90 Å². The molecule has 1 aromatic heterocycles. The quantitative estimate of drug-likeness (QED) is 0.721. The van der Waals surface area contributed by atoms with Crippen LogP contribution in [0.25, 0.3) is 11.4 Å². The highest BCUT2D eigenvalue weighted by molar-refractivity contribution is 5.90. The molecule has 2 unspecified atom stereocenters. The van der Waals surface area contributed by atoms with E-state index in [1.54, 1.807) is 29.0 Å². The topological polar surface area (TPSA) is 112 Å². The third kappa shape index (κ3) is 3.87. The number of nitrogens with one attached hydrogen (secondary N) is 1. The summed E-state index contributed by atoms with van der Waals surface area (Å²) in [5.74, 6) is 0.629. The minimum atomic E-state index is -2.75. The molecule has 3 heterocycles. The van der Waals surface area contributed by atoms with Crippen molar-refractivity contribution in [3.8, 4) is 17.1 Å². The van der Waals surface area contributed by atoms with Crippen LogP contribution in [-0.4, -0.2) is 53.3 Å². The molecule has 0 aliphatic carbocycles. The maximum Gasteiger partial charge on any atom is 0.416 e. The van der Waals surface area contributed by atoms with Crippen molar-refractivity contribution in [3.63, 3.8) is 0 Å². The maximum atomic E-state index is 13.3. The second-order valence-electron chi connectivity index (χ2n) is 7.79. The lowest BCUT2D eigenvalue weighted by molar-refractivity contribution is -0.119. The van der Waals surface area contributed by atoms with Crippen molar-refractivity contribution in [2.45, 2.75) is 38.9 Å². The molecule has 0 radical (unpaired) electrons. The Bertz CT molecular complexity index is 1010. The Hall–Kier alpha value is -3.37. The molecule has 1 saturated heterocycles. The van der Waals surface area contributed by atoms with E-state index in [-0.39, 0.29) is 18.3 Å². The number of ether oxygens (including phenoxy) is 2. The standard InChI is InChI=1S/C20H23F2N5O4/c1-10(2)16(18(23)28)24-11-3-4-12-14(7-11)30-6-5-26-8-15(25-19(12)26)27-13(17(21)22)9-31-20(27)29/h3-4,7-8,10,13,16-17,24H,5-6,9H2,1-2H3,(H2,23,28). The smallest absolute Gasteiger partial charge is 0.416 e. The van der Waals surface area contributed by atoms with E-state index in [1.165, 1.54) is 0 Å². The number of hydrogen-bond acceptors (Lipinski definition) is 6. The van der Waals surface area contributed by atoms with Crippen molar-refractivity contribution >= 4 is 23.5 Å². The third-order valence-electron chi connectivity index (χ3n) is 5.32. The summed E-state index contributed by atoms with van der Waals surface area (Å²) in [6, 6.07) is 3.33. The Kier molecular flexibility index (Phi) is 5.42. The van der Waals surface area contributed by atoms with Crippen molar-refractivity contribution < 1.29 is 27.8 Å². The van der Waals surface area contributed by atoms with Gasteiger partial charge < -0.3 is 25.1 Å². The van der Waals surface area contributed by atoms with E-state index in [1.807, 2.05) is 13.8 Å². The number of nitrogens with two attached hydrogens (primary N) is 1. The molecule has 166 valence electrons. The molecule has 2 atom stereocenters. The van der Waals surface area contributed by atoms with Gasteiger partial charge in [0.25, 0.3) is 6.43 Å². The van der Waals surface area contributed by atoms with Crippen LogP contribution < -0.4 is 20.7 Å². The van der Waals surface area contributed by atoms with Gasteiger partial charge in [0, 0.05) is 18.0 Å². The number of benzene rings is 1. The average molecular weight is 435 g/mol. The molecule has 4 rings (SSSR count). The fourth-order valence-electron chi connectivity index (χ4n) is 3.70. The predicted octanol–water partition coefficient (Wildman–Crippen LogP) is 2.45. The molecule has 3 N–H and O–H groups in total. The highest BCUT2D eigenvalue weighted by Crippen LogP contribution is 2.37. The van der Waals surface area contributed by atoms with Gasteiger partial charge in [0.2, 0.25) is 5.91 Å². The lowest BCUT2D eigenvalue weighted by Crippen LogP contribution is -2.39. The molecule has 0 saturated carbocycles. The number of anilines is 2. The summed E-state index contributed by atoms with van der Waals surface area (Å²) in [7, 11) is 0. The number of nitrogens with zero attached hydrogens (tertiary/aromatic N) is 3. The van der Waals surface area contributed by atoms with Crippen molar-refractivity contribution in [2.24, 2.45) is 11.7 Å². The van der Waals surface area contributed by atoms with Crippen LogP contribution in [-0.2, 0) is 16.1 Å². The number of fused-ring (bicyclic) bond motifs is 3. The summed E-state index contributed by atoms with van der Waals surface area (Å²) in [4.78, 5) is 29.1. The van der Waals surface area contributed by atoms with Crippen molar-refractivity contribution in [3.05, 3.63) is 24.4 Å². The molecule has 2 aliphatic heterocycles. The summed E-state index contributed by atoms with van der Waals surface area (Å²) in [6.07, 6.45) is -2.05. The number of amides is 2. The lowest BCUT2D eigenvalue weighted by Gasteiger charge is -2.21. The predicted molar refractivity (Wildman–Crippen MR) is 108 cm³/mol. The highest BCUT2D eigenvalue weighted by Gasteiger charge is 2.42. The number of aromatic nitrogens is 2. The normalized spacial score (nSPS) is 18.8. The minimum absolute atomic E-state index is 0.0123. The zero-order valence-corrected chi connectivity index (χ0v) is 17.0. The molecule has 0 spiro atoms. The van der Waals surface area contributed by atoms with Gasteiger partial charge in [-0.05, 0) is 18.1 Å². The summed E-state index contributed by atoms with van der Waals surface area (Å²) >= 11 is 0. The van der Waals surface area contributed by atoms with Crippen LogP contribution in [0.1, 0.15) is 13.8 Å². The first-order valence-corrected chi connectivity index (χ1v) is 9.90. The number of cyclic esters (lactones) is 1. The number of rotatable bonds is 6. The summed E-state index contributed by atoms with van der Waals surface area (Å²) in [6.45, 7) is 4.11. The van der Waals surface area contributed by atoms with Gasteiger partial charge in [-0.2, -0.15) is 0 Å². The van der Waals surface area contributed by atoms with E-state index in [0.29, 0.717) is 36.0 Å². The molecule has 9 nitrogen and oxygen atoms in total. The van der Waals surface area contributed by atoms with E-state index in [2.05, 4.69) is 10.3 Å². The van der Waals surface area contributed by atoms with Crippen LogP contribution in [0, 0.1) is 5.92 Å². The molecule has 2 aliphatic rings. The number of primary amides is 1. The number of alkyl halides is 2. The van der Waals surface area contributed by atoms with Crippen LogP contribution in [0.5, 0.6) is 5.75 Å². The van der Waals surface area contributed by atoms with Crippen LogP contribution >= 0.6 is 0 Å². The maximum absolute atomic E-state index is 13.3. The van der Waals surface area contributed by atoms with Crippen LogP contribution in [0.2, 0.25) is 0 Å². The van der Waals surface area contributed by atoms with Gasteiger partial charge in [-0.3, -0.25) is 4.79 Å². The van der Waals surface area contributed by atoms with Gasteiger partial charge in [-0.25, -0.2) is 23.5 Å². The summed E-state index contributed by atoms with van der Waals surface area (Å²) in [5.41, 5.74) is 6.76. The van der Waals surface area contributed by atoms with Gasteiger partial charge in [0.05, 0.1) is 12.1 Å². The molecule has 2 aromatic rings. The Morgan fingerprint density at radius 1 is 1.32 bits per heavy atom. The molecule has 2 amide bonds. The lowest BCUT2D eigenvalue weighted by atomic mass is 10.0. The average Bonchev–Trinajstić information content (AvgIpc) is 3.25. The molecule has 31 heavy (non-hydrogen) atoms.